The number of nitrogens with one attached hydrogen (secondary N) is 1. The lowest BCUT2D eigenvalue weighted by atomic mass is 10.1. The minimum atomic E-state index is -0.464. The molecule has 146 valence electrons. The number of anilines is 2. The van der Waals surface area contributed by atoms with Crippen LogP contribution in [-0.4, -0.2) is 60.3 Å². The van der Waals surface area contributed by atoms with E-state index in [9.17, 15) is 4.79 Å². The summed E-state index contributed by atoms with van der Waals surface area (Å²) in [5.74, 6) is 1.96. The molecular formula is C20H29N5O2. The third kappa shape index (κ3) is 4.59. The van der Waals surface area contributed by atoms with Crippen molar-refractivity contribution in [1.29, 1.82) is 0 Å². The first-order valence-electron chi connectivity index (χ1n) is 9.40. The largest absolute Gasteiger partial charge is 0.444 e. The zero-order valence-electron chi connectivity index (χ0n) is 16.8. The van der Waals surface area contributed by atoms with Gasteiger partial charge in [-0.1, -0.05) is 12.1 Å². The standard InChI is InChI=1S/C20H29N5O2/c1-20(2,3)27-19(26)25-11-10-14(13-25)12-24(5)18-17(21-4)22-15-8-6-7-9-16(15)23-18/h6-9,14H,10-13H2,1-5H3,(H,21,22). The molecule has 1 aromatic heterocycles. The highest BCUT2D eigenvalue weighted by Crippen LogP contribution is 2.26. The third-order valence-corrected chi connectivity index (χ3v) is 4.62. The summed E-state index contributed by atoms with van der Waals surface area (Å²) in [4.78, 5) is 25.6. The van der Waals surface area contributed by atoms with Crippen molar-refractivity contribution in [2.75, 3.05) is 43.9 Å². The maximum absolute atomic E-state index is 12.3. The van der Waals surface area contributed by atoms with Gasteiger partial charge in [0.15, 0.2) is 11.6 Å². The molecule has 3 rings (SSSR count). The van der Waals surface area contributed by atoms with Crippen LogP contribution in [0.3, 0.4) is 0 Å². The first-order chi connectivity index (χ1) is 12.8. The number of nitrogens with zero attached hydrogens (tertiary/aromatic N) is 4. The summed E-state index contributed by atoms with van der Waals surface area (Å²) in [6.45, 7) is 7.92. The average molecular weight is 371 g/mol. The molecule has 1 unspecified atom stereocenters. The van der Waals surface area contributed by atoms with Crippen LogP contribution in [0.1, 0.15) is 27.2 Å². The van der Waals surface area contributed by atoms with Crippen molar-refractivity contribution in [2.45, 2.75) is 32.8 Å². The Morgan fingerprint density at radius 3 is 2.59 bits per heavy atom. The second kappa shape index (κ2) is 7.58. The predicted molar refractivity (Wildman–Crippen MR) is 108 cm³/mol. The number of para-hydroxylation sites is 2. The maximum atomic E-state index is 12.3. The first kappa shape index (κ1) is 19.2. The molecule has 27 heavy (non-hydrogen) atoms. The Morgan fingerprint density at radius 2 is 1.96 bits per heavy atom. The number of amides is 1. The van der Waals surface area contributed by atoms with Crippen molar-refractivity contribution in [3.05, 3.63) is 24.3 Å². The van der Waals surface area contributed by atoms with Gasteiger partial charge < -0.3 is 19.9 Å². The Balaban J connectivity index is 1.68. The van der Waals surface area contributed by atoms with E-state index in [-0.39, 0.29) is 6.09 Å². The lowest BCUT2D eigenvalue weighted by molar-refractivity contribution is 0.0288. The molecule has 2 heterocycles. The van der Waals surface area contributed by atoms with E-state index in [1.807, 2.05) is 59.1 Å². The molecule has 1 atom stereocenters. The number of rotatable bonds is 4. The summed E-state index contributed by atoms with van der Waals surface area (Å²) in [6, 6.07) is 7.86. The fourth-order valence-electron chi connectivity index (χ4n) is 3.37. The molecule has 0 saturated carbocycles. The van der Waals surface area contributed by atoms with Crippen LogP contribution in [0.25, 0.3) is 11.0 Å². The number of aromatic nitrogens is 2. The summed E-state index contributed by atoms with van der Waals surface area (Å²) in [5.41, 5.74) is 1.28. The minimum Gasteiger partial charge on any atom is -0.444 e. The minimum absolute atomic E-state index is 0.228. The van der Waals surface area contributed by atoms with Crippen LogP contribution >= 0.6 is 0 Å². The molecule has 1 fully saturated rings. The summed E-state index contributed by atoms with van der Waals surface area (Å²) < 4.78 is 5.49. The molecule has 1 aromatic carbocycles. The number of fused-ring (bicyclic) bond motifs is 1. The van der Waals surface area contributed by atoms with Crippen molar-refractivity contribution in [3.8, 4) is 0 Å². The van der Waals surface area contributed by atoms with Crippen molar-refractivity contribution >= 4 is 28.8 Å². The number of hydrogen-bond donors (Lipinski definition) is 1. The Morgan fingerprint density at radius 1 is 1.30 bits per heavy atom. The van der Waals surface area contributed by atoms with Crippen molar-refractivity contribution in [2.24, 2.45) is 5.92 Å². The van der Waals surface area contributed by atoms with Crippen molar-refractivity contribution in [1.82, 2.24) is 14.9 Å². The predicted octanol–water partition coefficient (Wildman–Crippen LogP) is 3.36. The number of ether oxygens (including phenoxy) is 1. The molecule has 1 aliphatic heterocycles. The van der Waals surface area contributed by atoms with E-state index in [1.54, 1.807) is 4.90 Å². The Kier molecular flexibility index (Phi) is 5.39. The van der Waals surface area contributed by atoms with Gasteiger partial charge in [0.05, 0.1) is 11.0 Å². The SMILES string of the molecule is CNc1nc2ccccc2nc1N(C)CC1CCN(C(=O)OC(C)(C)C)C1. The molecule has 0 bridgehead atoms. The maximum Gasteiger partial charge on any atom is 0.410 e. The van der Waals surface area contributed by atoms with E-state index in [4.69, 9.17) is 9.72 Å². The molecule has 0 radical (unpaired) electrons. The van der Waals surface area contributed by atoms with Gasteiger partial charge in [0.2, 0.25) is 0 Å². The van der Waals surface area contributed by atoms with Crippen LogP contribution in [-0.2, 0) is 4.74 Å². The third-order valence-electron chi connectivity index (χ3n) is 4.62. The van der Waals surface area contributed by atoms with E-state index in [2.05, 4.69) is 15.2 Å². The number of carbonyl (C=O) groups excluding carboxylic acids is 1. The summed E-state index contributed by atoms with van der Waals surface area (Å²) in [6.07, 6.45) is 0.730. The van der Waals surface area contributed by atoms with Crippen molar-refractivity contribution in [3.63, 3.8) is 0 Å². The van der Waals surface area contributed by atoms with Gasteiger partial charge in [-0.05, 0) is 45.2 Å². The molecule has 0 spiro atoms. The van der Waals surface area contributed by atoms with Gasteiger partial charge in [0.25, 0.3) is 0 Å². The lowest BCUT2D eigenvalue weighted by Gasteiger charge is -2.26. The monoisotopic (exact) mass is 371 g/mol. The molecule has 7 nitrogen and oxygen atoms in total. The summed E-state index contributed by atoms with van der Waals surface area (Å²) in [5, 5.41) is 3.15. The first-order valence-corrected chi connectivity index (χ1v) is 9.40. The zero-order chi connectivity index (χ0) is 19.6. The van der Waals surface area contributed by atoms with Gasteiger partial charge in [0, 0.05) is 33.7 Å². The van der Waals surface area contributed by atoms with Crippen LogP contribution in [0.2, 0.25) is 0 Å². The smallest absolute Gasteiger partial charge is 0.410 e. The highest BCUT2D eigenvalue weighted by molar-refractivity contribution is 5.80. The molecular weight excluding hydrogens is 342 g/mol. The highest BCUT2D eigenvalue weighted by atomic mass is 16.6. The van der Waals surface area contributed by atoms with Gasteiger partial charge in [-0.2, -0.15) is 0 Å². The van der Waals surface area contributed by atoms with E-state index >= 15 is 0 Å². The number of benzene rings is 1. The van der Waals surface area contributed by atoms with Crippen LogP contribution in [0.5, 0.6) is 0 Å². The second-order valence-electron chi connectivity index (χ2n) is 8.10. The van der Waals surface area contributed by atoms with Crippen LogP contribution in [0, 0.1) is 5.92 Å². The fourth-order valence-corrected chi connectivity index (χ4v) is 3.37. The quantitative estimate of drug-likeness (QED) is 0.889. The second-order valence-corrected chi connectivity index (χ2v) is 8.10. The van der Waals surface area contributed by atoms with E-state index < -0.39 is 5.60 Å². The molecule has 1 saturated heterocycles. The normalized spacial score (nSPS) is 17.2. The van der Waals surface area contributed by atoms with E-state index in [1.165, 1.54) is 0 Å². The lowest BCUT2D eigenvalue weighted by Crippen LogP contribution is -2.36. The molecule has 1 amide bonds. The van der Waals surface area contributed by atoms with Gasteiger partial charge in [-0.15, -0.1) is 0 Å². The highest BCUT2D eigenvalue weighted by Gasteiger charge is 2.30. The molecule has 0 aliphatic carbocycles. The van der Waals surface area contributed by atoms with E-state index in [0.29, 0.717) is 12.5 Å². The Hall–Kier alpha value is -2.57. The van der Waals surface area contributed by atoms with Crippen molar-refractivity contribution < 1.29 is 9.53 Å². The Bertz CT molecular complexity index is 818. The van der Waals surface area contributed by atoms with Crippen LogP contribution < -0.4 is 10.2 Å². The number of likely N-dealkylation sites (tertiary alicyclic amines) is 1. The zero-order valence-corrected chi connectivity index (χ0v) is 16.8. The van der Waals surface area contributed by atoms with Crippen LogP contribution in [0.4, 0.5) is 16.4 Å². The molecule has 1 N–H and O–H groups in total. The number of hydrogen-bond acceptors (Lipinski definition) is 6. The van der Waals surface area contributed by atoms with Gasteiger partial charge in [0.1, 0.15) is 5.60 Å². The topological polar surface area (TPSA) is 70.6 Å². The van der Waals surface area contributed by atoms with Crippen LogP contribution in [0.15, 0.2) is 24.3 Å². The molecule has 2 aromatic rings. The number of carbonyl (C=O) groups is 1. The van der Waals surface area contributed by atoms with Gasteiger partial charge >= 0.3 is 6.09 Å². The fraction of sp³-hybridized carbons (Fsp3) is 0.550. The van der Waals surface area contributed by atoms with Gasteiger partial charge in [-0.25, -0.2) is 14.8 Å². The molecule has 1 aliphatic rings. The summed E-state index contributed by atoms with van der Waals surface area (Å²) in [7, 11) is 3.88. The molecule has 7 heteroatoms. The summed E-state index contributed by atoms with van der Waals surface area (Å²) >= 11 is 0. The Labute approximate surface area is 160 Å². The van der Waals surface area contributed by atoms with Gasteiger partial charge in [-0.3, -0.25) is 0 Å². The average Bonchev–Trinajstić information content (AvgIpc) is 3.07. The van der Waals surface area contributed by atoms with E-state index in [0.717, 1.165) is 42.2 Å².